The fourth-order valence-corrected chi connectivity index (χ4v) is 2.89. The quantitative estimate of drug-likeness (QED) is 0.486. The van der Waals surface area contributed by atoms with E-state index in [2.05, 4.69) is 36.9 Å². The molecule has 0 saturated heterocycles. The van der Waals surface area contributed by atoms with Crippen LogP contribution < -0.4 is 14.0 Å². The van der Waals surface area contributed by atoms with Crippen LogP contribution in [0.15, 0.2) is 42.7 Å². The molecule has 0 spiro atoms. The number of benzene rings is 2. The second-order valence-electron chi connectivity index (χ2n) is 6.02. The molecule has 1 N–H and O–H groups in total. The van der Waals surface area contributed by atoms with Gasteiger partial charge in [0, 0.05) is 29.5 Å². The molecule has 25 heavy (non-hydrogen) atoms. The predicted octanol–water partition coefficient (Wildman–Crippen LogP) is 4.27. The van der Waals surface area contributed by atoms with Gasteiger partial charge in [-0.3, -0.25) is 4.79 Å². The molecule has 0 fully saturated rings. The first kappa shape index (κ1) is 16.8. The Morgan fingerprint density at radius 3 is 1.96 bits per heavy atom. The Balaban J connectivity index is 0.000000415. The number of pyridine rings is 1. The number of nitrogens with zero attached hydrogens (tertiary/aromatic N) is 1. The van der Waals surface area contributed by atoms with E-state index in [9.17, 15) is 0 Å². The first-order valence-corrected chi connectivity index (χ1v) is 7.95. The van der Waals surface area contributed by atoms with Crippen molar-refractivity contribution in [1.29, 1.82) is 0 Å². The predicted molar refractivity (Wildman–Crippen MR) is 94.5 cm³/mol. The number of carboxylic acid groups (broad SMARTS) is 1. The highest BCUT2D eigenvalue weighted by Crippen LogP contribution is 2.50. The van der Waals surface area contributed by atoms with Crippen LogP contribution in [0.4, 0.5) is 0 Å². The summed E-state index contributed by atoms with van der Waals surface area (Å²) in [6.45, 7) is 5.25. The number of carbonyl (C=O) groups is 1. The summed E-state index contributed by atoms with van der Waals surface area (Å²) in [7, 11) is 2.03. The van der Waals surface area contributed by atoms with E-state index in [1.165, 1.54) is 10.8 Å². The zero-order valence-corrected chi connectivity index (χ0v) is 14.7. The second-order valence-corrected chi connectivity index (χ2v) is 6.02. The van der Waals surface area contributed by atoms with Crippen molar-refractivity contribution in [3.63, 3.8) is 0 Å². The molecule has 0 aliphatic carbocycles. The number of hydrogen-bond acceptors (Lipinski definition) is 3. The summed E-state index contributed by atoms with van der Waals surface area (Å²) in [6, 6.07) is 9.90. The Bertz CT molecular complexity index is 975. The van der Waals surface area contributed by atoms with Gasteiger partial charge in [0.1, 0.15) is 7.05 Å². The van der Waals surface area contributed by atoms with E-state index in [-0.39, 0.29) is 0 Å². The van der Waals surface area contributed by atoms with Crippen LogP contribution in [0, 0.1) is 13.8 Å². The highest BCUT2D eigenvalue weighted by molar-refractivity contribution is 5.92. The Morgan fingerprint density at radius 2 is 1.44 bits per heavy atom. The number of rotatable bonds is 0. The third-order valence-corrected chi connectivity index (χ3v) is 4.07. The molecule has 5 nitrogen and oxygen atoms in total. The molecular weight excluding hydrogens is 318 g/mol. The summed E-state index contributed by atoms with van der Waals surface area (Å²) in [5, 5.41) is 9.81. The van der Waals surface area contributed by atoms with Crippen LogP contribution in [-0.4, -0.2) is 11.1 Å². The molecule has 0 amide bonds. The van der Waals surface area contributed by atoms with Gasteiger partial charge in [0.05, 0.1) is 5.39 Å². The molecular formula is C20H20NO4+. The van der Waals surface area contributed by atoms with Crippen molar-refractivity contribution in [2.45, 2.75) is 20.8 Å². The van der Waals surface area contributed by atoms with Gasteiger partial charge >= 0.3 is 0 Å². The van der Waals surface area contributed by atoms with Gasteiger partial charge in [0.15, 0.2) is 35.4 Å². The minimum atomic E-state index is -0.833. The molecule has 0 atom stereocenters. The van der Waals surface area contributed by atoms with Gasteiger partial charge in [0.25, 0.3) is 5.97 Å². The number of carboxylic acids is 1. The average molecular weight is 338 g/mol. The Hall–Kier alpha value is -3.08. The van der Waals surface area contributed by atoms with Gasteiger partial charge in [0.2, 0.25) is 0 Å². The molecule has 0 bridgehead atoms. The summed E-state index contributed by atoms with van der Waals surface area (Å²) in [4.78, 5) is 9.00. The lowest BCUT2D eigenvalue weighted by atomic mass is 10.00. The topological polar surface area (TPSA) is 59.6 Å². The lowest BCUT2D eigenvalue weighted by Crippen LogP contribution is -2.26. The van der Waals surface area contributed by atoms with Crippen LogP contribution in [0.3, 0.4) is 0 Å². The highest BCUT2D eigenvalue weighted by Gasteiger charge is 2.25. The molecule has 4 rings (SSSR count). The summed E-state index contributed by atoms with van der Waals surface area (Å²) in [6.07, 6.45) is 4.18. The zero-order chi connectivity index (χ0) is 18.1. The van der Waals surface area contributed by atoms with E-state index in [1.54, 1.807) is 0 Å². The summed E-state index contributed by atoms with van der Waals surface area (Å²) < 4.78 is 14.3. The van der Waals surface area contributed by atoms with E-state index in [1.807, 2.05) is 31.3 Å². The number of fused-ring (bicyclic) bond motifs is 3. The second kappa shape index (κ2) is 6.43. The Labute approximate surface area is 146 Å². The molecule has 128 valence electrons. The van der Waals surface area contributed by atoms with E-state index in [0.717, 1.165) is 41.0 Å². The van der Waals surface area contributed by atoms with Crippen LogP contribution in [-0.2, 0) is 11.8 Å². The molecule has 1 aliphatic heterocycles. The molecule has 0 radical (unpaired) electrons. The number of para-hydroxylation sites is 2. The van der Waals surface area contributed by atoms with Crippen LogP contribution in [0.25, 0.3) is 10.8 Å². The lowest BCUT2D eigenvalue weighted by molar-refractivity contribution is -0.670. The molecule has 1 aromatic heterocycles. The maximum absolute atomic E-state index is 9.00. The summed E-state index contributed by atoms with van der Waals surface area (Å²) >= 11 is 0. The van der Waals surface area contributed by atoms with Gasteiger partial charge in [-0.15, -0.1) is 0 Å². The average Bonchev–Trinajstić information content (AvgIpc) is 2.58. The number of aliphatic carboxylic acids is 1. The van der Waals surface area contributed by atoms with Crippen molar-refractivity contribution in [2.75, 3.05) is 0 Å². The maximum Gasteiger partial charge on any atom is 0.300 e. The highest BCUT2D eigenvalue weighted by atomic mass is 16.6. The monoisotopic (exact) mass is 338 g/mol. The Morgan fingerprint density at radius 1 is 0.960 bits per heavy atom. The zero-order valence-electron chi connectivity index (χ0n) is 14.7. The standard InChI is InChI=1S/C18H16NO2.C2H4O2/c1-11-13-8-9-19(3)10-14(13)12(2)18-17(11)20-15-6-4-5-7-16(15)21-18;1-2(3)4/h4-10H,1-3H3;1H3,(H,3,4)/q+1;. The SMILES string of the molecule is CC(=O)O.Cc1c2c(c(C)c3c[n+](C)ccc13)Oc1ccccc1O2. The van der Waals surface area contributed by atoms with Crippen molar-refractivity contribution in [3.8, 4) is 23.0 Å². The fourth-order valence-electron chi connectivity index (χ4n) is 2.89. The summed E-state index contributed by atoms with van der Waals surface area (Å²) in [5.74, 6) is 2.36. The molecule has 0 saturated carbocycles. The van der Waals surface area contributed by atoms with Crippen molar-refractivity contribution in [2.24, 2.45) is 7.05 Å². The largest absolute Gasteiger partial charge is 0.481 e. The molecule has 2 heterocycles. The first-order chi connectivity index (χ1) is 11.9. The minimum absolute atomic E-state index is 0.771. The van der Waals surface area contributed by atoms with E-state index in [4.69, 9.17) is 19.4 Å². The number of ether oxygens (including phenoxy) is 2. The van der Waals surface area contributed by atoms with Crippen molar-refractivity contribution in [3.05, 3.63) is 53.9 Å². The van der Waals surface area contributed by atoms with Gasteiger partial charge < -0.3 is 14.6 Å². The van der Waals surface area contributed by atoms with Crippen LogP contribution >= 0.6 is 0 Å². The van der Waals surface area contributed by atoms with E-state index in [0.29, 0.717) is 0 Å². The molecule has 5 heteroatoms. The van der Waals surface area contributed by atoms with Gasteiger partial charge in [-0.25, -0.2) is 4.57 Å². The third-order valence-electron chi connectivity index (χ3n) is 4.07. The van der Waals surface area contributed by atoms with Gasteiger partial charge in [-0.05, 0) is 26.0 Å². The minimum Gasteiger partial charge on any atom is -0.481 e. The van der Waals surface area contributed by atoms with Crippen molar-refractivity contribution in [1.82, 2.24) is 0 Å². The lowest BCUT2D eigenvalue weighted by Gasteiger charge is -2.24. The molecule has 3 aromatic rings. The number of hydrogen-bond donors (Lipinski definition) is 1. The van der Waals surface area contributed by atoms with Crippen molar-refractivity contribution >= 4 is 16.7 Å². The van der Waals surface area contributed by atoms with Gasteiger partial charge in [-0.2, -0.15) is 0 Å². The Kier molecular flexibility index (Phi) is 4.31. The summed E-state index contributed by atoms with van der Waals surface area (Å²) in [5.41, 5.74) is 2.22. The maximum atomic E-state index is 9.00. The van der Waals surface area contributed by atoms with Crippen LogP contribution in [0.1, 0.15) is 18.1 Å². The van der Waals surface area contributed by atoms with E-state index < -0.39 is 5.97 Å². The smallest absolute Gasteiger partial charge is 0.300 e. The molecule has 1 aliphatic rings. The molecule has 0 unspecified atom stereocenters. The normalized spacial score (nSPS) is 11.4. The van der Waals surface area contributed by atoms with Crippen molar-refractivity contribution < 1.29 is 23.9 Å². The van der Waals surface area contributed by atoms with Crippen LogP contribution in [0.2, 0.25) is 0 Å². The number of aryl methyl sites for hydroxylation is 3. The fraction of sp³-hybridized carbons (Fsp3) is 0.200. The third kappa shape index (κ3) is 3.13. The van der Waals surface area contributed by atoms with Crippen LogP contribution in [0.5, 0.6) is 23.0 Å². The molecule has 2 aromatic carbocycles. The van der Waals surface area contributed by atoms with E-state index >= 15 is 0 Å². The first-order valence-electron chi connectivity index (χ1n) is 7.95. The number of aromatic nitrogens is 1. The van der Waals surface area contributed by atoms with Gasteiger partial charge in [-0.1, -0.05) is 12.1 Å².